The van der Waals surface area contributed by atoms with Gasteiger partial charge < -0.3 is 10.1 Å². The summed E-state index contributed by atoms with van der Waals surface area (Å²) in [6, 6.07) is 7.52. The van der Waals surface area contributed by atoms with Crippen molar-refractivity contribution in [2.45, 2.75) is 45.8 Å². The minimum Gasteiger partial charge on any atom is -0.380 e. The zero-order valence-electron chi connectivity index (χ0n) is 11.7. The van der Waals surface area contributed by atoms with Crippen LogP contribution in [0.3, 0.4) is 0 Å². The lowest BCUT2D eigenvalue weighted by atomic mass is 9.98. The molecule has 1 aromatic rings. The molecule has 3 heteroatoms. The molecule has 0 saturated carbocycles. The van der Waals surface area contributed by atoms with E-state index in [2.05, 4.69) is 12.2 Å². The third-order valence-electron chi connectivity index (χ3n) is 2.85. The van der Waals surface area contributed by atoms with Crippen LogP contribution >= 0.6 is 0 Å². The second-order valence-corrected chi connectivity index (χ2v) is 5.22. The number of ether oxygens (including phenoxy) is 1. The van der Waals surface area contributed by atoms with Gasteiger partial charge in [0.25, 0.3) is 5.91 Å². The van der Waals surface area contributed by atoms with E-state index in [1.807, 2.05) is 38.1 Å². The van der Waals surface area contributed by atoms with Crippen LogP contribution in [-0.4, -0.2) is 18.6 Å². The average Bonchev–Trinajstić information content (AvgIpc) is 2.29. The molecule has 0 radical (unpaired) electrons. The maximum atomic E-state index is 12.1. The monoisotopic (exact) mass is 249 g/mol. The summed E-state index contributed by atoms with van der Waals surface area (Å²) in [5.74, 6) is -0.0163. The zero-order valence-corrected chi connectivity index (χ0v) is 11.7. The van der Waals surface area contributed by atoms with Crippen LogP contribution in [0.2, 0.25) is 0 Å². The van der Waals surface area contributed by atoms with Gasteiger partial charge in [0.2, 0.25) is 0 Å². The van der Waals surface area contributed by atoms with Crippen LogP contribution in [-0.2, 0) is 11.3 Å². The van der Waals surface area contributed by atoms with E-state index in [4.69, 9.17) is 4.74 Å². The molecule has 3 nitrogen and oxygen atoms in total. The normalized spacial score (nSPS) is 11.3. The number of carbonyl (C=O) groups excluding carboxylic acids is 1. The number of nitrogens with one attached hydrogen (secondary N) is 1. The molecule has 0 atom stereocenters. The van der Waals surface area contributed by atoms with Crippen molar-refractivity contribution in [3.05, 3.63) is 35.4 Å². The van der Waals surface area contributed by atoms with E-state index >= 15 is 0 Å². The predicted octanol–water partition coefficient (Wildman–Crippen LogP) is 3.14. The number of methoxy groups -OCH3 is 1. The van der Waals surface area contributed by atoms with Crippen LogP contribution in [0.25, 0.3) is 0 Å². The molecular formula is C15H23NO2. The highest BCUT2D eigenvalue weighted by molar-refractivity contribution is 5.94. The Kier molecular flexibility index (Phi) is 5.35. The van der Waals surface area contributed by atoms with Crippen LogP contribution < -0.4 is 5.32 Å². The Hall–Kier alpha value is -1.35. The van der Waals surface area contributed by atoms with E-state index in [0.717, 1.165) is 18.4 Å². The van der Waals surface area contributed by atoms with E-state index < -0.39 is 0 Å². The van der Waals surface area contributed by atoms with Gasteiger partial charge in [0.05, 0.1) is 6.61 Å². The molecule has 0 fully saturated rings. The number of benzene rings is 1. The molecule has 0 aromatic heterocycles. The molecule has 1 rings (SSSR count). The fraction of sp³-hybridized carbons (Fsp3) is 0.533. The van der Waals surface area contributed by atoms with Gasteiger partial charge in [0, 0.05) is 18.2 Å². The fourth-order valence-corrected chi connectivity index (χ4v) is 1.99. The van der Waals surface area contributed by atoms with Crippen molar-refractivity contribution in [3.8, 4) is 0 Å². The molecule has 0 aliphatic rings. The number of hydrogen-bond donors (Lipinski definition) is 1. The molecule has 0 aliphatic heterocycles. The molecule has 18 heavy (non-hydrogen) atoms. The highest BCUT2D eigenvalue weighted by Crippen LogP contribution is 2.13. The molecule has 1 aromatic carbocycles. The van der Waals surface area contributed by atoms with E-state index in [9.17, 15) is 4.79 Å². The Morgan fingerprint density at radius 3 is 2.39 bits per heavy atom. The first-order chi connectivity index (χ1) is 8.48. The molecule has 0 saturated heterocycles. The van der Waals surface area contributed by atoms with Crippen LogP contribution in [0.5, 0.6) is 0 Å². The van der Waals surface area contributed by atoms with Crippen LogP contribution in [0, 0.1) is 0 Å². The zero-order chi connectivity index (χ0) is 13.6. The third-order valence-corrected chi connectivity index (χ3v) is 2.85. The van der Waals surface area contributed by atoms with Gasteiger partial charge in [-0.05, 0) is 38.0 Å². The van der Waals surface area contributed by atoms with E-state index in [-0.39, 0.29) is 11.4 Å². The second-order valence-electron chi connectivity index (χ2n) is 5.22. The van der Waals surface area contributed by atoms with E-state index in [0.29, 0.717) is 12.2 Å². The van der Waals surface area contributed by atoms with Gasteiger partial charge in [-0.15, -0.1) is 0 Å². The molecule has 0 spiro atoms. The summed E-state index contributed by atoms with van der Waals surface area (Å²) < 4.78 is 5.04. The van der Waals surface area contributed by atoms with Gasteiger partial charge in [-0.2, -0.15) is 0 Å². The quantitative estimate of drug-likeness (QED) is 0.841. The lowest BCUT2D eigenvalue weighted by Crippen LogP contribution is -2.43. The van der Waals surface area contributed by atoms with Gasteiger partial charge in [0.1, 0.15) is 0 Å². The summed E-state index contributed by atoms with van der Waals surface area (Å²) >= 11 is 0. The summed E-state index contributed by atoms with van der Waals surface area (Å²) in [6.07, 6.45) is 2.03. The van der Waals surface area contributed by atoms with Crippen molar-refractivity contribution in [1.29, 1.82) is 0 Å². The summed E-state index contributed by atoms with van der Waals surface area (Å²) in [5.41, 5.74) is 1.61. The van der Waals surface area contributed by atoms with Crippen LogP contribution in [0.15, 0.2) is 24.3 Å². The molecule has 1 N–H and O–H groups in total. The SMILES string of the molecule is CCCC(C)(C)NC(=O)c1ccc(COC)cc1. The largest absolute Gasteiger partial charge is 0.380 e. The number of carbonyl (C=O) groups is 1. The Labute approximate surface area is 110 Å². The molecule has 0 bridgehead atoms. The number of rotatable bonds is 6. The van der Waals surface area contributed by atoms with Gasteiger partial charge >= 0.3 is 0 Å². The topological polar surface area (TPSA) is 38.3 Å². The lowest BCUT2D eigenvalue weighted by Gasteiger charge is -2.25. The van der Waals surface area contributed by atoms with Crippen LogP contribution in [0.4, 0.5) is 0 Å². The van der Waals surface area contributed by atoms with Crippen molar-refractivity contribution in [2.24, 2.45) is 0 Å². The molecule has 0 heterocycles. The number of hydrogen-bond acceptors (Lipinski definition) is 2. The van der Waals surface area contributed by atoms with Gasteiger partial charge in [-0.25, -0.2) is 0 Å². The first kappa shape index (κ1) is 14.7. The Balaban J connectivity index is 2.67. The predicted molar refractivity (Wildman–Crippen MR) is 73.6 cm³/mol. The first-order valence-corrected chi connectivity index (χ1v) is 6.39. The van der Waals surface area contributed by atoms with E-state index in [1.54, 1.807) is 7.11 Å². The first-order valence-electron chi connectivity index (χ1n) is 6.39. The van der Waals surface area contributed by atoms with Crippen LogP contribution in [0.1, 0.15) is 49.5 Å². The van der Waals surface area contributed by atoms with Crippen molar-refractivity contribution in [3.63, 3.8) is 0 Å². The Morgan fingerprint density at radius 2 is 1.89 bits per heavy atom. The van der Waals surface area contributed by atoms with E-state index in [1.165, 1.54) is 0 Å². The summed E-state index contributed by atoms with van der Waals surface area (Å²) in [5, 5.41) is 3.05. The number of amides is 1. The molecule has 0 unspecified atom stereocenters. The maximum Gasteiger partial charge on any atom is 0.251 e. The van der Waals surface area contributed by atoms with Gasteiger partial charge in [0.15, 0.2) is 0 Å². The highest BCUT2D eigenvalue weighted by Gasteiger charge is 2.19. The lowest BCUT2D eigenvalue weighted by molar-refractivity contribution is 0.0909. The van der Waals surface area contributed by atoms with Gasteiger partial charge in [-0.3, -0.25) is 4.79 Å². The Morgan fingerprint density at radius 1 is 1.28 bits per heavy atom. The minimum atomic E-state index is -0.156. The molecule has 100 valence electrons. The summed E-state index contributed by atoms with van der Waals surface area (Å²) in [4.78, 5) is 12.1. The fourth-order valence-electron chi connectivity index (χ4n) is 1.99. The average molecular weight is 249 g/mol. The van der Waals surface area contributed by atoms with Crippen molar-refractivity contribution < 1.29 is 9.53 Å². The molecule has 0 aliphatic carbocycles. The Bertz CT molecular complexity index is 382. The van der Waals surface area contributed by atoms with Crippen molar-refractivity contribution in [2.75, 3.05) is 7.11 Å². The highest BCUT2D eigenvalue weighted by atomic mass is 16.5. The summed E-state index contributed by atoms with van der Waals surface area (Å²) in [7, 11) is 1.66. The smallest absolute Gasteiger partial charge is 0.251 e. The van der Waals surface area contributed by atoms with Gasteiger partial charge in [-0.1, -0.05) is 25.5 Å². The standard InChI is InChI=1S/C15H23NO2/c1-5-10-15(2,3)16-14(17)13-8-6-12(7-9-13)11-18-4/h6-9H,5,10-11H2,1-4H3,(H,16,17). The minimum absolute atomic E-state index is 0.0163. The second kappa shape index (κ2) is 6.55. The summed E-state index contributed by atoms with van der Waals surface area (Å²) in [6.45, 7) is 6.79. The molecule has 1 amide bonds. The maximum absolute atomic E-state index is 12.1. The third kappa shape index (κ3) is 4.49. The van der Waals surface area contributed by atoms with Crippen molar-refractivity contribution in [1.82, 2.24) is 5.32 Å². The van der Waals surface area contributed by atoms with Crippen molar-refractivity contribution >= 4 is 5.91 Å². The molecular weight excluding hydrogens is 226 g/mol.